The second-order valence-corrected chi connectivity index (χ2v) is 5.70. The zero-order valence-electron chi connectivity index (χ0n) is 10.7. The Hall–Kier alpha value is -0.280. The van der Waals surface area contributed by atoms with Crippen molar-refractivity contribution >= 4 is 17.5 Å². The van der Waals surface area contributed by atoms with Gasteiger partial charge in [-0.1, -0.05) is 19.8 Å². The number of amides is 1. The third-order valence-electron chi connectivity index (χ3n) is 4.09. The number of carbonyl (C=O) groups excluding carboxylic acids is 1. The van der Waals surface area contributed by atoms with Gasteiger partial charge < -0.3 is 4.90 Å². The molecular weight excluding hydrogens is 236 g/mol. The number of carbonyl (C=O) groups is 1. The molecule has 2 rings (SSSR count). The topological polar surface area (TPSA) is 23.6 Å². The molecule has 1 atom stereocenters. The molecule has 17 heavy (non-hydrogen) atoms. The number of alkyl halides is 1. The third-order valence-corrected chi connectivity index (χ3v) is 4.59. The van der Waals surface area contributed by atoms with Crippen LogP contribution < -0.4 is 0 Å². The van der Waals surface area contributed by atoms with Crippen molar-refractivity contribution in [3.8, 4) is 0 Å². The van der Waals surface area contributed by atoms with Gasteiger partial charge in [-0.25, -0.2) is 0 Å². The molecule has 1 saturated carbocycles. The second kappa shape index (κ2) is 6.05. The number of rotatable bonds is 3. The van der Waals surface area contributed by atoms with Gasteiger partial charge in [0.1, 0.15) is 5.38 Å². The molecule has 0 unspecified atom stereocenters. The normalized spacial score (nSPS) is 25.2. The van der Waals surface area contributed by atoms with E-state index < -0.39 is 0 Å². The molecule has 98 valence electrons. The standard InChI is InChI=1S/C13H23ClN2O/c1-2-12(14)13(17)16-9-7-15(8-10-16)11-5-3-4-6-11/h11-12H,2-10H2,1H3/t12-/m1/s1. The van der Waals surface area contributed by atoms with Crippen molar-refractivity contribution in [1.82, 2.24) is 9.80 Å². The van der Waals surface area contributed by atoms with Crippen LogP contribution in [0.3, 0.4) is 0 Å². The molecule has 3 nitrogen and oxygen atoms in total. The van der Waals surface area contributed by atoms with Crippen LogP contribution in [0.1, 0.15) is 39.0 Å². The van der Waals surface area contributed by atoms with E-state index in [2.05, 4.69) is 4.90 Å². The summed E-state index contributed by atoms with van der Waals surface area (Å²) in [5.74, 6) is 0.125. The van der Waals surface area contributed by atoms with Crippen LogP contribution in [0.2, 0.25) is 0 Å². The average Bonchev–Trinajstić information content (AvgIpc) is 2.91. The zero-order valence-corrected chi connectivity index (χ0v) is 11.5. The van der Waals surface area contributed by atoms with E-state index in [1.807, 2.05) is 11.8 Å². The molecular formula is C13H23ClN2O. The first kappa shape index (κ1) is 13.2. The van der Waals surface area contributed by atoms with Crippen LogP contribution in [0, 0.1) is 0 Å². The largest absolute Gasteiger partial charge is 0.339 e. The maximum Gasteiger partial charge on any atom is 0.240 e. The first-order valence-electron chi connectivity index (χ1n) is 6.89. The Morgan fingerprint density at radius 1 is 1.24 bits per heavy atom. The van der Waals surface area contributed by atoms with Gasteiger partial charge in [0.15, 0.2) is 0 Å². The summed E-state index contributed by atoms with van der Waals surface area (Å²) >= 11 is 6.01. The van der Waals surface area contributed by atoms with Crippen molar-refractivity contribution in [2.45, 2.75) is 50.4 Å². The molecule has 1 heterocycles. The molecule has 0 aromatic carbocycles. The molecule has 0 aromatic heterocycles. The minimum atomic E-state index is -0.326. The van der Waals surface area contributed by atoms with Crippen molar-refractivity contribution in [2.75, 3.05) is 26.2 Å². The fourth-order valence-corrected chi connectivity index (χ4v) is 3.09. The van der Waals surface area contributed by atoms with Crippen molar-refractivity contribution < 1.29 is 4.79 Å². The van der Waals surface area contributed by atoms with Gasteiger partial charge in [-0.05, 0) is 19.3 Å². The van der Waals surface area contributed by atoms with E-state index in [1.165, 1.54) is 25.7 Å². The van der Waals surface area contributed by atoms with Crippen LogP contribution in [-0.4, -0.2) is 53.3 Å². The zero-order chi connectivity index (χ0) is 12.3. The van der Waals surface area contributed by atoms with Crippen molar-refractivity contribution in [1.29, 1.82) is 0 Å². The van der Waals surface area contributed by atoms with Gasteiger partial charge in [0, 0.05) is 32.2 Å². The Kier molecular flexibility index (Phi) is 4.69. The fourth-order valence-electron chi connectivity index (χ4n) is 2.95. The molecule has 0 radical (unpaired) electrons. The van der Waals surface area contributed by atoms with Crippen LogP contribution in [-0.2, 0) is 4.79 Å². The van der Waals surface area contributed by atoms with Gasteiger partial charge in [0.05, 0.1) is 0 Å². The van der Waals surface area contributed by atoms with Crippen molar-refractivity contribution in [2.24, 2.45) is 0 Å². The molecule has 0 aromatic rings. The number of nitrogens with zero attached hydrogens (tertiary/aromatic N) is 2. The minimum absolute atomic E-state index is 0.125. The summed E-state index contributed by atoms with van der Waals surface area (Å²) in [6.45, 7) is 5.74. The van der Waals surface area contributed by atoms with E-state index in [0.717, 1.165) is 38.6 Å². The van der Waals surface area contributed by atoms with E-state index in [-0.39, 0.29) is 11.3 Å². The molecule has 2 fully saturated rings. The summed E-state index contributed by atoms with van der Waals surface area (Å²) in [6, 6.07) is 0.783. The first-order chi connectivity index (χ1) is 8.22. The van der Waals surface area contributed by atoms with E-state index in [4.69, 9.17) is 11.6 Å². The molecule has 1 aliphatic heterocycles. The van der Waals surface area contributed by atoms with E-state index in [1.54, 1.807) is 0 Å². The maximum absolute atomic E-state index is 11.9. The van der Waals surface area contributed by atoms with Crippen molar-refractivity contribution in [3.05, 3.63) is 0 Å². The lowest BCUT2D eigenvalue weighted by atomic mass is 10.1. The molecule has 1 amide bonds. The molecule has 0 N–H and O–H groups in total. The lowest BCUT2D eigenvalue weighted by molar-refractivity contribution is -0.132. The Labute approximate surface area is 109 Å². The van der Waals surface area contributed by atoms with Gasteiger partial charge in [-0.15, -0.1) is 11.6 Å². The fraction of sp³-hybridized carbons (Fsp3) is 0.923. The summed E-state index contributed by atoms with van der Waals surface area (Å²) in [7, 11) is 0. The highest BCUT2D eigenvalue weighted by Gasteiger charge is 2.29. The lowest BCUT2D eigenvalue weighted by Gasteiger charge is -2.38. The van der Waals surface area contributed by atoms with Crippen LogP contribution >= 0.6 is 11.6 Å². The quantitative estimate of drug-likeness (QED) is 0.724. The maximum atomic E-state index is 11.9. The van der Waals surface area contributed by atoms with Crippen LogP contribution in [0.4, 0.5) is 0 Å². The second-order valence-electron chi connectivity index (χ2n) is 5.18. The van der Waals surface area contributed by atoms with Gasteiger partial charge >= 0.3 is 0 Å². The SMILES string of the molecule is CC[C@@H](Cl)C(=O)N1CCN(C2CCCC2)CC1. The lowest BCUT2D eigenvalue weighted by Crippen LogP contribution is -2.52. The molecule has 0 bridgehead atoms. The number of halogens is 1. The highest BCUT2D eigenvalue weighted by molar-refractivity contribution is 6.30. The van der Waals surface area contributed by atoms with Crippen LogP contribution in [0.25, 0.3) is 0 Å². The highest BCUT2D eigenvalue weighted by atomic mass is 35.5. The Morgan fingerprint density at radius 2 is 1.82 bits per heavy atom. The summed E-state index contributed by atoms with van der Waals surface area (Å²) in [4.78, 5) is 16.4. The van der Waals surface area contributed by atoms with Crippen molar-refractivity contribution in [3.63, 3.8) is 0 Å². The Morgan fingerprint density at radius 3 is 2.35 bits per heavy atom. The third kappa shape index (κ3) is 3.14. The van der Waals surface area contributed by atoms with Gasteiger partial charge in [0.25, 0.3) is 0 Å². The molecule has 1 saturated heterocycles. The summed E-state index contributed by atoms with van der Waals surface area (Å²) < 4.78 is 0. The summed E-state index contributed by atoms with van der Waals surface area (Å²) in [6.07, 6.45) is 6.18. The summed E-state index contributed by atoms with van der Waals surface area (Å²) in [5, 5.41) is -0.326. The number of hydrogen-bond donors (Lipinski definition) is 0. The van der Waals surface area contributed by atoms with Gasteiger partial charge in [-0.3, -0.25) is 9.69 Å². The number of hydrogen-bond acceptors (Lipinski definition) is 2. The van der Waals surface area contributed by atoms with Gasteiger partial charge in [-0.2, -0.15) is 0 Å². The molecule has 1 aliphatic carbocycles. The molecule has 4 heteroatoms. The summed E-state index contributed by atoms with van der Waals surface area (Å²) in [5.41, 5.74) is 0. The smallest absolute Gasteiger partial charge is 0.240 e. The Bertz CT molecular complexity index is 258. The first-order valence-corrected chi connectivity index (χ1v) is 7.33. The van der Waals surface area contributed by atoms with E-state index >= 15 is 0 Å². The van der Waals surface area contributed by atoms with E-state index in [9.17, 15) is 4.79 Å². The monoisotopic (exact) mass is 258 g/mol. The number of piperazine rings is 1. The molecule has 0 spiro atoms. The predicted octanol–water partition coefficient (Wildman–Crippen LogP) is 2.09. The average molecular weight is 259 g/mol. The van der Waals surface area contributed by atoms with E-state index in [0.29, 0.717) is 0 Å². The van der Waals surface area contributed by atoms with Crippen LogP contribution in [0.15, 0.2) is 0 Å². The predicted molar refractivity (Wildman–Crippen MR) is 70.3 cm³/mol. The highest BCUT2D eigenvalue weighted by Crippen LogP contribution is 2.24. The van der Waals surface area contributed by atoms with Gasteiger partial charge in [0.2, 0.25) is 5.91 Å². The van der Waals surface area contributed by atoms with Crippen LogP contribution in [0.5, 0.6) is 0 Å². The Balaban J connectivity index is 1.79. The molecule has 2 aliphatic rings. The minimum Gasteiger partial charge on any atom is -0.339 e.